The van der Waals surface area contributed by atoms with Crippen LogP contribution in [0.4, 0.5) is 5.69 Å². The number of hydrogen-bond acceptors (Lipinski definition) is 3. The fourth-order valence-electron chi connectivity index (χ4n) is 2.62. The third-order valence-electron chi connectivity index (χ3n) is 3.83. The molecule has 1 aliphatic heterocycles. The van der Waals surface area contributed by atoms with Crippen molar-refractivity contribution in [2.75, 3.05) is 39.0 Å². The van der Waals surface area contributed by atoms with Crippen molar-refractivity contribution >= 4 is 11.6 Å². The van der Waals surface area contributed by atoms with Gasteiger partial charge in [-0.2, -0.15) is 0 Å². The van der Waals surface area contributed by atoms with Crippen LogP contribution in [0.5, 0.6) is 0 Å². The van der Waals surface area contributed by atoms with Crippen LogP contribution in [-0.4, -0.2) is 55.5 Å². The van der Waals surface area contributed by atoms with Crippen molar-refractivity contribution in [3.8, 4) is 12.3 Å². The lowest BCUT2D eigenvalue weighted by Gasteiger charge is -2.32. The molecule has 1 fully saturated rings. The fraction of sp³-hybridized carbons (Fsp3) is 0.471. The van der Waals surface area contributed by atoms with Gasteiger partial charge >= 0.3 is 0 Å². The Balaban J connectivity index is 2.01. The minimum absolute atomic E-state index is 0.0304. The molecule has 112 valence electrons. The second-order valence-corrected chi connectivity index (χ2v) is 5.64. The first-order chi connectivity index (χ1) is 10.1. The minimum atomic E-state index is 0.0304. The van der Waals surface area contributed by atoms with Crippen molar-refractivity contribution in [1.82, 2.24) is 9.80 Å². The van der Waals surface area contributed by atoms with Gasteiger partial charge in [0.15, 0.2) is 0 Å². The summed E-state index contributed by atoms with van der Waals surface area (Å²) in [6, 6.07) is 8.11. The number of rotatable bonds is 4. The molecule has 1 aromatic rings. The van der Waals surface area contributed by atoms with Crippen molar-refractivity contribution in [3.05, 3.63) is 29.8 Å². The van der Waals surface area contributed by atoms with Gasteiger partial charge < -0.3 is 10.2 Å². The van der Waals surface area contributed by atoms with Crippen molar-refractivity contribution in [2.45, 2.75) is 18.9 Å². The van der Waals surface area contributed by atoms with E-state index in [4.69, 9.17) is 6.42 Å². The molecule has 1 N–H and O–H groups in total. The van der Waals surface area contributed by atoms with E-state index >= 15 is 0 Å². The minimum Gasteiger partial charge on any atom is -0.382 e. The first kappa shape index (κ1) is 15.4. The number of anilines is 1. The largest absolute Gasteiger partial charge is 0.382 e. The van der Waals surface area contributed by atoms with Gasteiger partial charge in [0.05, 0.1) is 12.1 Å². The van der Waals surface area contributed by atoms with Crippen molar-refractivity contribution in [2.24, 2.45) is 0 Å². The molecule has 4 heteroatoms. The van der Waals surface area contributed by atoms with Crippen LogP contribution in [0.3, 0.4) is 0 Å². The zero-order valence-corrected chi connectivity index (χ0v) is 12.8. The summed E-state index contributed by atoms with van der Waals surface area (Å²) in [5.74, 6) is 2.72. The Labute approximate surface area is 127 Å². The highest BCUT2D eigenvalue weighted by atomic mass is 16.2. The number of likely N-dealkylation sites (tertiary alicyclic amines) is 1. The molecule has 21 heavy (non-hydrogen) atoms. The topological polar surface area (TPSA) is 35.6 Å². The number of carbonyl (C=O) groups excluding carboxylic acids is 1. The molecule has 1 heterocycles. The second-order valence-electron chi connectivity index (χ2n) is 5.64. The van der Waals surface area contributed by atoms with Gasteiger partial charge in [0.2, 0.25) is 0 Å². The molecular weight excluding hydrogens is 262 g/mol. The van der Waals surface area contributed by atoms with Crippen LogP contribution in [0.15, 0.2) is 24.3 Å². The number of nitrogens with zero attached hydrogens (tertiary/aromatic N) is 2. The molecule has 0 saturated carbocycles. The normalized spacial score (nSPS) is 16.2. The Morgan fingerprint density at radius 2 is 2.05 bits per heavy atom. The number of carbonyl (C=O) groups is 1. The average molecular weight is 285 g/mol. The zero-order valence-electron chi connectivity index (χ0n) is 12.8. The maximum Gasteiger partial charge on any atom is 0.255 e. The molecule has 1 aromatic carbocycles. The third-order valence-corrected chi connectivity index (χ3v) is 3.83. The Kier molecular flexibility index (Phi) is 5.24. The predicted octanol–water partition coefficient (Wildman–Crippen LogP) is 1.90. The molecular formula is C17H23N3O. The van der Waals surface area contributed by atoms with E-state index in [1.165, 1.54) is 0 Å². The van der Waals surface area contributed by atoms with Gasteiger partial charge in [-0.1, -0.05) is 18.1 Å². The Morgan fingerprint density at radius 1 is 1.38 bits per heavy atom. The number of para-hydroxylation sites is 1. The smallest absolute Gasteiger partial charge is 0.255 e. The summed E-state index contributed by atoms with van der Waals surface area (Å²) >= 11 is 0. The van der Waals surface area contributed by atoms with E-state index < -0.39 is 0 Å². The molecule has 1 amide bonds. The summed E-state index contributed by atoms with van der Waals surface area (Å²) in [6.45, 7) is 2.74. The van der Waals surface area contributed by atoms with Gasteiger partial charge in [0.25, 0.3) is 5.91 Å². The highest BCUT2D eigenvalue weighted by molar-refractivity contribution is 5.99. The quantitative estimate of drug-likeness (QED) is 0.858. The average Bonchev–Trinajstić information content (AvgIpc) is 2.49. The van der Waals surface area contributed by atoms with Crippen molar-refractivity contribution in [1.29, 1.82) is 0 Å². The van der Waals surface area contributed by atoms with E-state index in [0.717, 1.165) is 43.7 Å². The van der Waals surface area contributed by atoms with E-state index in [2.05, 4.69) is 16.1 Å². The van der Waals surface area contributed by atoms with Crippen LogP contribution in [0, 0.1) is 12.3 Å². The second kappa shape index (κ2) is 7.14. The van der Waals surface area contributed by atoms with Gasteiger partial charge in [-0.15, -0.1) is 6.42 Å². The Bertz CT molecular complexity index is 525. The maximum absolute atomic E-state index is 12.2. The predicted molar refractivity (Wildman–Crippen MR) is 86.4 cm³/mol. The van der Waals surface area contributed by atoms with Gasteiger partial charge in [0.1, 0.15) is 0 Å². The molecule has 0 atom stereocenters. The first-order valence-corrected chi connectivity index (χ1v) is 7.35. The lowest BCUT2D eigenvalue weighted by Crippen LogP contribution is -2.39. The number of nitrogens with one attached hydrogen (secondary N) is 1. The van der Waals surface area contributed by atoms with E-state index in [9.17, 15) is 4.79 Å². The van der Waals surface area contributed by atoms with Gasteiger partial charge in [-0.3, -0.25) is 9.69 Å². The summed E-state index contributed by atoms with van der Waals surface area (Å²) in [5.41, 5.74) is 1.65. The van der Waals surface area contributed by atoms with E-state index in [1.54, 1.807) is 19.0 Å². The van der Waals surface area contributed by atoms with E-state index in [1.807, 2.05) is 24.3 Å². The molecule has 0 spiro atoms. The highest BCUT2D eigenvalue weighted by Gasteiger charge is 2.20. The van der Waals surface area contributed by atoms with Gasteiger partial charge in [0, 0.05) is 38.9 Å². The number of amides is 1. The molecule has 0 aliphatic carbocycles. The molecule has 1 saturated heterocycles. The Hall–Kier alpha value is -1.99. The summed E-state index contributed by atoms with van der Waals surface area (Å²) in [5, 5.41) is 3.52. The van der Waals surface area contributed by atoms with E-state index in [-0.39, 0.29) is 5.91 Å². The maximum atomic E-state index is 12.2. The summed E-state index contributed by atoms with van der Waals surface area (Å²) in [6.07, 6.45) is 7.45. The van der Waals surface area contributed by atoms with Crippen LogP contribution in [-0.2, 0) is 0 Å². The lowest BCUT2D eigenvalue weighted by atomic mass is 10.0. The molecule has 0 unspecified atom stereocenters. The molecule has 0 bridgehead atoms. The number of hydrogen-bond donors (Lipinski definition) is 1. The van der Waals surface area contributed by atoms with Crippen LogP contribution < -0.4 is 5.32 Å². The summed E-state index contributed by atoms with van der Waals surface area (Å²) in [4.78, 5) is 16.1. The lowest BCUT2D eigenvalue weighted by molar-refractivity contribution is 0.0828. The Morgan fingerprint density at radius 3 is 2.67 bits per heavy atom. The standard InChI is InChI=1S/C17H23N3O/c1-4-11-20-12-9-14(10-13-20)18-16-8-6-5-7-15(16)17(21)19(2)3/h1,5-8,14,18H,9-13H2,2-3H3. The van der Waals surface area contributed by atoms with Crippen LogP contribution in [0.25, 0.3) is 0 Å². The molecule has 4 nitrogen and oxygen atoms in total. The molecule has 1 aliphatic rings. The monoisotopic (exact) mass is 285 g/mol. The first-order valence-electron chi connectivity index (χ1n) is 7.35. The van der Waals surface area contributed by atoms with Crippen LogP contribution >= 0.6 is 0 Å². The van der Waals surface area contributed by atoms with Gasteiger partial charge in [-0.25, -0.2) is 0 Å². The summed E-state index contributed by atoms with van der Waals surface area (Å²) in [7, 11) is 3.55. The molecule has 0 radical (unpaired) electrons. The number of piperidine rings is 1. The number of benzene rings is 1. The zero-order chi connectivity index (χ0) is 15.2. The van der Waals surface area contributed by atoms with E-state index in [0.29, 0.717) is 6.04 Å². The molecule has 2 rings (SSSR count). The van der Waals surface area contributed by atoms with Crippen LogP contribution in [0.2, 0.25) is 0 Å². The summed E-state index contributed by atoms with van der Waals surface area (Å²) < 4.78 is 0. The van der Waals surface area contributed by atoms with Crippen LogP contribution in [0.1, 0.15) is 23.2 Å². The SMILES string of the molecule is C#CCN1CCC(Nc2ccccc2C(=O)N(C)C)CC1. The molecule has 0 aromatic heterocycles. The van der Waals surface area contributed by atoms with Crippen molar-refractivity contribution < 1.29 is 4.79 Å². The third kappa shape index (κ3) is 3.99. The number of terminal acetylenes is 1. The van der Waals surface area contributed by atoms with Crippen molar-refractivity contribution in [3.63, 3.8) is 0 Å². The van der Waals surface area contributed by atoms with Gasteiger partial charge in [-0.05, 0) is 25.0 Å². The highest BCUT2D eigenvalue weighted by Crippen LogP contribution is 2.21. The fourth-order valence-corrected chi connectivity index (χ4v) is 2.62.